The fourth-order valence-electron chi connectivity index (χ4n) is 1.36. The maximum Gasteiger partial charge on any atom is 0.259 e. The summed E-state index contributed by atoms with van der Waals surface area (Å²) < 4.78 is 0. The van der Waals surface area contributed by atoms with Crippen molar-refractivity contribution in [3.05, 3.63) is 29.5 Å². The van der Waals surface area contributed by atoms with Gasteiger partial charge in [0.15, 0.2) is 0 Å². The lowest BCUT2D eigenvalue weighted by Gasteiger charge is -2.03. The van der Waals surface area contributed by atoms with Crippen LogP contribution in [0.4, 0.5) is 0 Å². The average Bonchev–Trinajstić information content (AvgIpc) is 2.76. The Morgan fingerprint density at radius 1 is 1.33 bits per heavy atom. The van der Waals surface area contributed by atoms with E-state index < -0.39 is 0 Å². The molecule has 0 aromatic carbocycles. The predicted molar refractivity (Wildman–Crippen MR) is 66.1 cm³/mol. The number of thiol groups is 1. The summed E-state index contributed by atoms with van der Waals surface area (Å²) in [5.41, 5.74) is 3.51. The molecule has 0 aromatic rings. The average molecular weight is 223 g/mol. The SMILES string of the molecule is O=C(NCCCCCCS)C1=C=CC=C1. The molecule has 82 valence electrons. The lowest BCUT2D eigenvalue weighted by Crippen LogP contribution is -2.24. The van der Waals surface area contributed by atoms with Gasteiger partial charge in [-0.3, -0.25) is 4.79 Å². The van der Waals surface area contributed by atoms with Crippen molar-refractivity contribution in [1.82, 2.24) is 5.32 Å². The van der Waals surface area contributed by atoms with E-state index in [-0.39, 0.29) is 5.91 Å². The van der Waals surface area contributed by atoms with Crippen molar-refractivity contribution >= 4 is 18.5 Å². The van der Waals surface area contributed by atoms with Crippen LogP contribution < -0.4 is 5.32 Å². The van der Waals surface area contributed by atoms with Crippen LogP contribution in [0.1, 0.15) is 25.7 Å². The number of carbonyl (C=O) groups is 1. The van der Waals surface area contributed by atoms with E-state index in [0.717, 1.165) is 31.6 Å². The smallest absolute Gasteiger partial charge is 0.259 e. The Balaban J connectivity index is 2.03. The molecule has 0 aliphatic heterocycles. The fraction of sp³-hybridized carbons (Fsp3) is 0.500. The van der Waals surface area contributed by atoms with Crippen molar-refractivity contribution in [2.45, 2.75) is 25.7 Å². The number of amides is 1. The van der Waals surface area contributed by atoms with Crippen molar-refractivity contribution in [2.75, 3.05) is 12.3 Å². The van der Waals surface area contributed by atoms with Crippen LogP contribution in [0.25, 0.3) is 0 Å². The highest BCUT2D eigenvalue weighted by molar-refractivity contribution is 7.80. The summed E-state index contributed by atoms with van der Waals surface area (Å²) in [7, 11) is 0. The molecule has 0 heterocycles. The van der Waals surface area contributed by atoms with Crippen LogP contribution >= 0.6 is 12.6 Å². The molecule has 0 atom stereocenters. The van der Waals surface area contributed by atoms with E-state index in [1.807, 2.05) is 6.08 Å². The van der Waals surface area contributed by atoms with Crippen molar-refractivity contribution in [1.29, 1.82) is 0 Å². The summed E-state index contributed by atoms with van der Waals surface area (Å²) >= 11 is 4.14. The first-order chi connectivity index (χ1) is 7.34. The van der Waals surface area contributed by atoms with Crippen molar-refractivity contribution in [2.24, 2.45) is 0 Å². The molecule has 0 bridgehead atoms. The second kappa shape index (κ2) is 7.38. The summed E-state index contributed by atoms with van der Waals surface area (Å²) in [6.45, 7) is 0.754. The molecule has 2 nitrogen and oxygen atoms in total. The molecule has 0 saturated carbocycles. The maximum atomic E-state index is 11.4. The Labute approximate surface area is 96.5 Å². The van der Waals surface area contributed by atoms with Gasteiger partial charge in [-0.05, 0) is 30.7 Å². The molecule has 0 radical (unpaired) electrons. The van der Waals surface area contributed by atoms with Gasteiger partial charge in [0.05, 0.1) is 5.57 Å². The summed E-state index contributed by atoms with van der Waals surface area (Å²) in [5.74, 6) is 0.934. The zero-order chi connectivity index (χ0) is 10.9. The van der Waals surface area contributed by atoms with E-state index in [1.165, 1.54) is 6.42 Å². The van der Waals surface area contributed by atoms with Crippen LogP contribution in [0.15, 0.2) is 29.5 Å². The molecule has 0 unspecified atom stereocenters. The molecule has 0 spiro atoms. The molecule has 1 N–H and O–H groups in total. The number of carbonyl (C=O) groups excluding carboxylic acids is 1. The third kappa shape index (κ3) is 4.91. The molecule has 3 heteroatoms. The van der Waals surface area contributed by atoms with Gasteiger partial charge < -0.3 is 5.32 Å². The fourth-order valence-corrected chi connectivity index (χ4v) is 1.58. The Hall–Kier alpha value is -0.920. The first-order valence-electron chi connectivity index (χ1n) is 5.37. The van der Waals surface area contributed by atoms with Gasteiger partial charge in [0.2, 0.25) is 0 Å². The van der Waals surface area contributed by atoms with Gasteiger partial charge in [-0.2, -0.15) is 12.6 Å². The maximum absolute atomic E-state index is 11.4. The number of unbranched alkanes of at least 4 members (excludes halogenated alkanes) is 3. The van der Waals surface area contributed by atoms with Gasteiger partial charge >= 0.3 is 0 Å². The minimum absolute atomic E-state index is 0.0193. The Morgan fingerprint density at radius 3 is 2.80 bits per heavy atom. The third-order valence-corrected chi connectivity index (χ3v) is 2.53. The molecular formula is C12H17NOS. The minimum atomic E-state index is -0.0193. The van der Waals surface area contributed by atoms with Crippen LogP contribution in [-0.2, 0) is 4.79 Å². The molecule has 15 heavy (non-hydrogen) atoms. The van der Waals surface area contributed by atoms with Gasteiger partial charge in [-0.25, -0.2) is 0 Å². The number of hydrogen-bond donors (Lipinski definition) is 2. The normalized spacial score (nSPS) is 13.0. The molecule has 1 aliphatic rings. The zero-order valence-corrected chi connectivity index (χ0v) is 9.72. The second-order valence-corrected chi connectivity index (χ2v) is 3.92. The van der Waals surface area contributed by atoms with E-state index in [1.54, 1.807) is 12.2 Å². The molecular weight excluding hydrogens is 206 g/mol. The highest BCUT2D eigenvalue weighted by atomic mass is 32.1. The van der Waals surface area contributed by atoms with E-state index in [9.17, 15) is 4.79 Å². The third-order valence-electron chi connectivity index (χ3n) is 2.21. The number of nitrogens with one attached hydrogen (secondary N) is 1. The van der Waals surface area contributed by atoms with Crippen LogP contribution in [-0.4, -0.2) is 18.2 Å². The summed E-state index contributed by atoms with van der Waals surface area (Å²) in [4.78, 5) is 11.4. The highest BCUT2D eigenvalue weighted by Gasteiger charge is 2.05. The summed E-state index contributed by atoms with van der Waals surface area (Å²) in [6.07, 6.45) is 9.90. The monoisotopic (exact) mass is 223 g/mol. The minimum Gasteiger partial charge on any atom is -0.352 e. The van der Waals surface area contributed by atoms with Crippen molar-refractivity contribution < 1.29 is 4.79 Å². The van der Waals surface area contributed by atoms with Gasteiger partial charge in [-0.15, -0.1) is 5.73 Å². The number of allylic oxidation sites excluding steroid dienone is 1. The molecule has 0 saturated heterocycles. The van der Waals surface area contributed by atoms with E-state index in [0.29, 0.717) is 5.57 Å². The van der Waals surface area contributed by atoms with Crippen LogP contribution in [0.5, 0.6) is 0 Å². The standard InChI is InChI=1S/C12H17NOS/c14-12(11-7-3-4-8-11)13-9-5-1-2-6-10-15/h3-4,7,15H,1-2,5-6,9-10H2,(H,13,14). The molecule has 0 fully saturated rings. The molecule has 0 aromatic heterocycles. The first-order valence-corrected chi connectivity index (χ1v) is 6.00. The summed E-state index contributed by atoms with van der Waals surface area (Å²) in [6, 6.07) is 0. The van der Waals surface area contributed by atoms with Crippen molar-refractivity contribution in [3.63, 3.8) is 0 Å². The van der Waals surface area contributed by atoms with E-state index >= 15 is 0 Å². The number of rotatable bonds is 7. The lowest BCUT2D eigenvalue weighted by molar-refractivity contribution is -0.117. The second-order valence-electron chi connectivity index (χ2n) is 3.48. The van der Waals surface area contributed by atoms with Gasteiger partial charge in [0, 0.05) is 6.54 Å². The first kappa shape index (κ1) is 12.2. The molecule has 1 amide bonds. The zero-order valence-electron chi connectivity index (χ0n) is 8.83. The van der Waals surface area contributed by atoms with Crippen molar-refractivity contribution in [3.8, 4) is 0 Å². The summed E-state index contributed by atoms with van der Waals surface area (Å²) in [5, 5.41) is 2.87. The molecule has 1 rings (SSSR count). The Morgan fingerprint density at radius 2 is 2.13 bits per heavy atom. The lowest BCUT2D eigenvalue weighted by atomic mass is 10.2. The largest absolute Gasteiger partial charge is 0.352 e. The van der Waals surface area contributed by atoms with Gasteiger partial charge in [0.1, 0.15) is 0 Å². The Kier molecular flexibility index (Phi) is 5.98. The van der Waals surface area contributed by atoms with E-state index in [4.69, 9.17) is 0 Å². The van der Waals surface area contributed by atoms with Crippen LogP contribution in [0.2, 0.25) is 0 Å². The highest BCUT2D eigenvalue weighted by Crippen LogP contribution is 2.02. The van der Waals surface area contributed by atoms with Crippen LogP contribution in [0, 0.1) is 0 Å². The van der Waals surface area contributed by atoms with Crippen LogP contribution in [0.3, 0.4) is 0 Å². The van der Waals surface area contributed by atoms with Gasteiger partial charge in [-0.1, -0.05) is 18.9 Å². The predicted octanol–water partition coefficient (Wildman–Crippen LogP) is 2.24. The van der Waals surface area contributed by atoms with E-state index in [2.05, 4.69) is 23.7 Å². The molecule has 1 aliphatic carbocycles. The van der Waals surface area contributed by atoms with Gasteiger partial charge in [0.25, 0.3) is 5.91 Å². The topological polar surface area (TPSA) is 29.1 Å². The quantitative estimate of drug-likeness (QED) is 0.387. The Bertz CT molecular complexity index is 301. The number of hydrogen-bond acceptors (Lipinski definition) is 2.